The maximum atomic E-state index is 5.90. The lowest BCUT2D eigenvalue weighted by atomic mass is 10.1. The van der Waals surface area contributed by atoms with E-state index in [9.17, 15) is 0 Å². The number of aryl methyl sites for hydroxylation is 1. The van der Waals surface area contributed by atoms with Crippen molar-refractivity contribution in [3.05, 3.63) is 35.7 Å². The summed E-state index contributed by atoms with van der Waals surface area (Å²) in [6.07, 6.45) is 3.18. The molecule has 3 aromatic rings. The zero-order valence-electron chi connectivity index (χ0n) is 16.2. The standard InChI is InChI=1S/C18H23N9OS/c1-2-12-6-3-4-8-14(12)20-17-22-15(21-16(19)23-17)11-29-18-24-25-26-27(18)10-13-7-5-9-28-13/h3-4,6,8,13H,2,5,7,9-11H2,1H3,(H3,19,20,21,22,23)/t13-/m1/s1. The zero-order valence-corrected chi connectivity index (χ0v) is 17.0. The molecule has 1 fully saturated rings. The Morgan fingerprint density at radius 1 is 1.28 bits per heavy atom. The van der Waals surface area contributed by atoms with Gasteiger partial charge in [0.25, 0.3) is 0 Å². The largest absolute Gasteiger partial charge is 0.376 e. The van der Waals surface area contributed by atoms with Crippen molar-refractivity contribution in [1.82, 2.24) is 35.2 Å². The van der Waals surface area contributed by atoms with Crippen LogP contribution in [0.1, 0.15) is 31.2 Å². The highest BCUT2D eigenvalue weighted by Crippen LogP contribution is 2.23. The molecule has 1 atom stereocenters. The predicted octanol–water partition coefficient (Wildman–Crippen LogP) is 2.22. The third-order valence-corrected chi connectivity index (χ3v) is 5.53. The first-order chi connectivity index (χ1) is 14.2. The molecular formula is C18H23N9OS. The Morgan fingerprint density at radius 3 is 3.00 bits per heavy atom. The van der Waals surface area contributed by atoms with Gasteiger partial charge in [0.15, 0.2) is 0 Å². The van der Waals surface area contributed by atoms with Gasteiger partial charge in [-0.2, -0.15) is 15.0 Å². The lowest BCUT2D eigenvalue weighted by Crippen LogP contribution is -2.17. The van der Waals surface area contributed by atoms with Crippen LogP contribution in [-0.2, 0) is 23.5 Å². The van der Waals surface area contributed by atoms with Crippen molar-refractivity contribution in [3.63, 3.8) is 0 Å². The van der Waals surface area contributed by atoms with Gasteiger partial charge in [-0.15, -0.1) is 5.10 Å². The molecule has 2 aromatic heterocycles. The van der Waals surface area contributed by atoms with Crippen LogP contribution in [0.3, 0.4) is 0 Å². The van der Waals surface area contributed by atoms with Gasteiger partial charge < -0.3 is 15.8 Å². The number of rotatable bonds is 8. The number of thioether (sulfide) groups is 1. The second-order valence-electron chi connectivity index (χ2n) is 6.64. The number of hydrogen-bond donors (Lipinski definition) is 2. The van der Waals surface area contributed by atoms with Crippen molar-refractivity contribution in [3.8, 4) is 0 Å². The van der Waals surface area contributed by atoms with E-state index >= 15 is 0 Å². The highest BCUT2D eigenvalue weighted by Gasteiger charge is 2.19. The summed E-state index contributed by atoms with van der Waals surface area (Å²) in [4.78, 5) is 13.0. The minimum atomic E-state index is 0.167. The van der Waals surface area contributed by atoms with Gasteiger partial charge in [-0.05, 0) is 41.3 Å². The van der Waals surface area contributed by atoms with Gasteiger partial charge in [0.05, 0.1) is 18.4 Å². The van der Waals surface area contributed by atoms with Gasteiger partial charge in [0, 0.05) is 12.3 Å². The van der Waals surface area contributed by atoms with Gasteiger partial charge in [-0.3, -0.25) is 0 Å². The predicted molar refractivity (Wildman–Crippen MR) is 110 cm³/mol. The summed E-state index contributed by atoms with van der Waals surface area (Å²) < 4.78 is 7.43. The molecule has 0 spiro atoms. The molecule has 1 aliphatic heterocycles. The quantitative estimate of drug-likeness (QED) is 0.530. The number of anilines is 3. The van der Waals surface area contributed by atoms with Gasteiger partial charge in [-0.1, -0.05) is 36.9 Å². The van der Waals surface area contributed by atoms with Crippen LogP contribution in [0.2, 0.25) is 0 Å². The summed E-state index contributed by atoms with van der Waals surface area (Å²) in [5.74, 6) is 1.63. The molecule has 0 unspecified atom stereocenters. The average Bonchev–Trinajstić information content (AvgIpc) is 3.39. The van der Waals surface area contributed by atoms with E-state index in [0.29, 0.717) is 29.2 Å². The Balaban J connectivity index is 1.44. The minimum absolute atomic E-state index is 0.167. The van der Waals surface area contributed by atoms with E-state index in [-0.39, 0.29) is 12.1 Å². The molecule has 0 radical (unpaired) electrons. The Bertz CT molecular complexity index is 958. The van der Waals surface area contributed by atoms with E-state index in [1.165, 1.54) is 17.3 Å². The number of nitrogens with two attached hydrogens (primary N) is 1. The molecular weight excluding hydrogens is 390 g/mol. The average molecular weight is 414 g/mol. The molecule has 1 aliphatic rings. The van der Waals surface area contributed by atoms with E-state index < -0.39 is 0 Å². The van der Waals surface area contributed by atoms with Crippen LogP contribution in [0.25, 0.3) is 0 Å². The fourth-order valence-electron chi connectivity index (χ4n) is 3.15. The smallest absolute Gasteiger partial charge is 0.232 e. The summed E-state index contributed by atoms with van der Waals surface area (Å²) >= 11 is 1.46. The molecule has 0 aliphatic carbocycles. The molecule has 29 heavy (non-hydrogen) atoms. The van der Waals surface area contributed by atoms with E-state index in [0.717, 1.165) is 31.6 Å². The fraction of sp³-hybridized carbons (Fsp3) is 0.444. The fourth-order valence-corrected chi connectivity index (χ4v) is 3.90. The molecule has 1 saturated heterocycles. The highest BCUT2D eigenvalue weighted by molar-refractivity contribution is 7.98. The molecule has 3 heterocycles. The number of nitrogens with one attached hydrogen (secondary N) is 1. The lowest BCUT2D eigenvalue weighted by molar-refractivity contribution is 0.0912. The lowest BCUT2D eigenvalue weighted by Gasteiger charge is -2.11. The first-order valence-corrected chi connectivity index (χ1v) is 10.6. The Kier molecular flexibility index (Phi) is 6.15. The van der Waals surface area contributed by atoms with E-state index in [2.05, 4.69) is 48.8 Å². The van der Waals surface area contributed by atoms with Crippen LogP contribution in [0.5, 0.6) is 0 Å². The summed E-state index contributed by atoms with van der Waals surface area (Å²) in [7, 11) is 0. The Hall–Kier alpha value is -2.79. The molecule has 11 heteroatoms. The van der Waals surface area contributed by atoms with Crippen molar-refractivity contribution >= 4 is 29.3 Å². The molecule has 152 valence electrons. The number of aromatic nitrogens is 7. The molecule has 0 bridgehead atoms. The molecule has 0 amide bonds. The van der Waals surface area contributed by atoms with Crippen LogP contribution >= 0.6 is 11.8 Å². The van der Waals surface area contributed by atoms with E-state index in [1.807, 2.05) is 18.2 Å². The van der Waals surface area contributed by atoms with Crippen LogP contribution in [0.15, 0.2) is 29.4 Å². The third kappa shape index (κ3) is 4.98. The SMILES string of the molecule is CCc1ccccc1Nc1nc(N)nc(CSc2nnnn2C[C@H]2CCCO2)n1. The number of para-hydroxylation sites is 1. The number of hydrogen-bond acceptors (Lipinski definition) is 10. The maximum Gasteiger partial charge on any atom is 0.232 e. The molecule has 3 N–H and O–H groups in total. The number of nitrogen functional groups attached to an aromatic ring is 1. The van der Waals surface area contributed by atoms with Gasteiger partial charge >= 0.3 is 0 Å². The van der Waals surface area contributed by atoms with Gasteiger partial charge in [0.1, 0.15) is 5.82 Å². The van der Waals surface area contributed by atoms with E-state index in [1.54, 1.807) is 4.68 Å². The molecule has 10 nitrogen and oxygen atoms in total. The number of ether oxygens (including phenoxy) is 1. The minimum Gasteiger partial charge on any atom is -0.376 e. The monoisotopic (exact) mass is 413 g/mol. The first kappa shape index (κ1) is 19.5. The second-order valence-corrected chi connectivity index (χ2v) is 7.58. The number of nitrogens with zero attached hydrogens (tertiary/aromatic N) is 7. The van der Waals surface area contributed by atoms with Crippen LogP contribution in [-0.4, -0.2) is 47.9 Å². The van der Waals surface area contributed by atoms with Crippen molar-refractivity contribution in [2.75, 3.05) is 17.7 Å². The zero-order chi connectivity index (χ0) is 20.1. The van der Waals surface area contributed by atoms with Crippen molar-refractivity contribution in [2.45, 2.75) is 49.7 Å². The molecule has 4 rings (SSSR count). The summed E-state index contributed by atoms with van der Waals surface area (Å²) in [5.41, 5.74) is 8.03. The Labute approximate surface area is 172 Å². The van der Waals surface area contributed by atoms with E-state index in [4.69, 9.17) is 10.5 Å². The summed E-state index contributed by atoms with van der Waals surface area (Å²) in [6.45, 7) is 3.55. The van der Waals surface area contributed by atoms with Crippen LogP contribution in [0, 0.1) is 0 Å². The van der Waals surface area contributed by atoms with Crippen molar-refractivity contribution < 1.29 is 4.74 Å². The highest BCUT2D eigenvalue weighted by atomic mass is 32.2. The molecule has 0 saturated carbocycles. The summed E-state index contributed by atoms with van der Waals surface area (Å²) in [6, 6.07) is 8.04. The maximum absolute atomic E-state index is 5.90. The second kappa shape index (κ2) is 9.14. The first-order valence-electron chi connectivity index (χ1n) is 9.57. The van der Waals surface area contributed by atoms with Crippen LogP contribution in [0.4, 0.5) is 17.6 Å². The third-order valence-electron chi connectivity index (χ3n) is 4.57. The molecule has 1 aromatic carbocycles. The van der Waals surface area contributed by atoms with Gasteiger partial charge in [-0.25, -0.2) is 4.68 Å². The van der Waals surface area contributed by atoms with Gasteiger partial charge in [0.2, 0.25) is 17.1 Å². The van der Waals surface area contributed by atoms with Crippen LogP contribution < -0.4 is 11.1 Å². The van der Waals surface area contributed by atoms with Crippen molar-refractivity contribution in [1.29, 1.82) is 0 Å². The normalized spacial score (nSPS) is 16.2. The summed E-state index contributed by atoms with van der Waals surface area (Å²) in [5, 5.41) is 15.9. The number of tetrazole rings is 1. The topological polar surface area (TPSA) is 130 Å². The Morgan fingerprint density at radius 2 is 2.17 bits per heavy atom. The van der Waals surface area contributed by atoms with Crippen molar-refractivity contribution in [2.24, 2.45) is 0 Å². The number of benzene rings is 1.